The Bertz CT molecular complexity index is 1080. The SMILES string of the molecule is COc1ccc(CC(=O)Nc2cc([C@H]3C[C@@H](c4cccc(CNC5CCC5)c4)C3)n[nH]2)cc1. The molecule has 1 amide bonds. The van der Waals surface area contributed by atoms with Crippen molar-refractivity contribution in [2.24, 2.45) is 0 Å². The highest BCUT2D eigenvalue weighted by Gasteiger charge is 2.33. The Morgan fingerprint density at radius 2 is 1.88 bits per heavy atom. The third-order valence-electron chi connectivity index (χ3n) is 7.07. The van der Waals surface area contributed by atoms with E-state index in [0.717, 1.165) is 36.4 Å². The number of ether oxygens (including phenoxy) is 1. The summed E-state index contributed by atoms with van der Waals surface area (Å²) in [5.74, 6) is 2.41. The van der Waals surface area contributed by atoms with Gasteiger partial charge in [-0.3, -0.25) is 9.89 Å². The van der Waals surface area contributed by atoms with Gasteiger partial charge >= 0.3 is 0 Å². The summed E-state index contributed by atoms with van der Waals surface area (Å²) in [6, 6.07) is 19.3. The first kappa shape index (κ1) is 21.7. The van der Waals surface area contributed by atoms with Crippen molar-refractivity contribution in [1.29, 1.82) is 0 Å². The van der Waals surface area contributed by atoms with E-state index in [1.165, 1.54) is 30.4 Å². The Hall–Kier alpha value is -3.12. The van der Waals surface area contributed by atoms with Crippen molar-refractivity contribution < 1.29 is 9.53 Å². The van der Waals surface area contributed by atoms with Crippen LogP contribution in [-0.4, -0.2) is 29.3 Å². The number of aromatic amines is 1. The number of anilines is 1. The van der Waals surface area contributed by atoms with Crippen LogP contribution in [0.1, 0.15) is 66.3 Å². The minimum Gasteiger partial charge on any atom is -0.497 e. The molecule has 2 aliphatic rings. The monoisotopic (exact) mass is 444 g/mol. The number of amides is 1. The molecule has 0 unspecified atom stereocenters. The van der Waals surface area contributed by atoms with Crippen LogP contribution >= 0.6 is 0 Å². The molecule has 0 bridgehead atoms. The van der Waals surface area contributed by atoms with Gasteiger partial charge in [0.25, 0.3) is 0 Å². The first-order valence-corrected chi connectivity index (χ1v) is 12.0. The van der Waals surface area contributed by atoms with Crippen molar-refractivity contribution in [2.45, 2.75) is 62.9 Å². The van der Waals surface area contributed by atoms with Crippen LogP contribution in [0, 0.1) is 0 Å². The highest BCUT2D eigenvalue weighted by Crippen LogP contribution is 2.47. The number of hydrogen-bond acceptors (Lipinski definition) is 4. The van der Waals surface area contributed by atoms with Gasteiger partial charge < -0.3 is 15.4 Å². The minimum atomic E-state index is -0.0609. The number of H-pyrrole nitrogens is 1. The van der Waals surface area contributed by atoms with Crippen LogP contribution in [0.3, 0.4) is 0 Å². The van der Waals surface area contributed by atoms with E-state index in [-0.39, 0.29) is 5.91 Å². The number of methoxy groups -OCH3 is 1. The lowest BCUT2D eigenvalue weighted by molar-refractivity contribution is -0.115. The molecule has 6 heteroatoms. The minimum absolute atomic E-state index is 0.0609. The van der Waals surface area contributed by atoms with Crippen LogP contribution in [-0.2, 0) is 17.8 Å². The molecule has 2 saturated carbocycles. The van der Waals surface area contributed by atoms with E-state index in [1.807, 2.05) is 30.3 Å². The molecule has 33 heavy (non-hydrogen) atoms. The maximum absolute atomic E-state index is 12.4. The molecule has 5 rings (SSSR count). The summed E-state index contributed by atoms with van der Waals surface area (Å²) in [6.45, 7) is 0.966. The normalized spacial score (nSPS) is 20.0. The molecule has 1 aromatic heterocycles. The fourth-order valence-electron chi connectivity index (χ4n) is 4.70. The van der Waals surface area contributed by atoms with E-state index in [2.05, 4.69) is 45.1 Å². The molecule has 3 aromatic rings. The fraction of sp³-hybridized carbons (Fsp3) is 0.407. The molecular formula is C27H32N4O2. The van der Waals surface area contributed by atoms with Gasteiger partial charge in [-0.15, -0.1) is 0 Å². The van der Waals surface area contributed by atoms with Gasteiger partial charge in [-0.05, 0) is 60.4 Å². The first-order chi connectivity index (χ1) is 16.2. The molecular weight excluding hydrogens is 412 g/mol. The van der Waals surface area contributed by atoms with Gasteiger partial charge in [0.15, 0.2) is 0 Å². The molecule has 0 radical (unpaired) electrons. The summed E-state index contributed by atoms with van der Waals surface area (Å²) in [4.78, 5) is 12.4. The second-order valence-corrected chi connectivity index (χ2v) is 9.40. The van der Waals surface area contributed by atoms with Crippen molar-refractivity contribution >= 4 is 11.7 Å². The number of rotatable bonds is 9. The Kier molecular flexibility index (Phi) is 6.44. The molecule has 2 aromatic carbocycles. The maximum atomic E-state index is 12.4. The average Bonchev–Trinajstić information content (AvgIpc) is 3.20. The zero-order chi connectivity index (χ0) is 22.6. The standard InChI is InChI=1S/C27H32N4O2/c1-33-24-10-8-18(9-11-24)13-27(32)29-26-16-25(30-31-26)22-14-21(15-22)20-5-2-4-19(12-20)17-28-23-6-3-7-23/h2,4-5,8-12,16,21-23,28H,3,6-7,13-15,17H2,1H3,(H2,29,30,31,32)/t21-,22+. The number of nitrogens with one attached hydrogen (secondary N) is 3. The Morgan fingerprint density at radius 1 is 1.06 bits per heavy atom. The van der Waals surface area contributed by atoms with E-state index in [1.54, 1.807) is 7.11 Å². The van der Waals surface area contributed by atoms with Crippen molar-refractivity contribution in [3.05, 3.63) is 77.0 Å². The Balaban J connectivity index is 1.10. The van der Waals surface area contributed by atoms with Crippen LogP contribution in [0.4, 0.5) is 5.82 Å². The van der Waals surface area contributed by atoms with Crippen molar-refractivity contribution in [3.63, 3.8) is 0 Å². The number of carbonyl (C=O) groups is 1. The van der Waals surface area contributed by atoms with Crippen LogP contribution in [0.15, 0.2) is 54.6 Å². The third kappa shape index (κ3) is 5.28. The second-order valence-electron chi connectivity index (χ2n) is 9.40. The van der Waals surface area contributed by atoms with E-state index in [4.69, 9.17) is 4.74 Å². The Morgan fingerprint density at radius 3 is 2.61 bits per heavy atom. The number of nitrogens with zero attached hydrogens (tertiary/aromatic N) is 1. The summed E-state index contributed by atoms with van der Waals surface area (Å²) in [6.07, 6.45) is 6.51. The molecule has 1 heterocycles. The van der Waals surface area contributed by atoms with Gasteiger partial charge in [0.1, 0.15) is 11.6 Å². The highest BCUT2D eigenvalue weighted by atomic mass is 16.5. The second kappa shape index (κ2) is 9.79. The topological polar surface area (TPSA) is 79.0 Å². The lowest BCUT2D eigenvalue weighted by atomic mass is 9.70. The zero-order valence-electron chi connectivity index (χ0n) is 19.1. The van der Waals surface area contributed by atoms with Gasteiger partial charge in [0.05, 0.1) is 19.2 Å². The number of carbonyl (C=O) groups excluding carboxylic acids is 1. The molecule has 0 atom stereocenters. The summed E-state index contributed by atoms with van der Waals surface area (Å²) in [7, 11) is 1.63. The lowest BCUT2D eigenvalue weighted by Gasteiger charge is -2.35. The molecule has 172 valence electrons. The molecule has 0 aliphatic heterocycles. The molecule has 3 N–H and O–H groups in total. The summed E-state index contributed by atoms with van der Waals surface area (Å²) in [5, 5.41) is 14.0. The van der Waals surface area contributed by atoms with Crippen LogP contribution in [0.25, 0.3) is 0 Å². The molecule has 0 spiro atoms. The number of benzene rings is 2. The number of hydrogen-bond donors (Lipinski definition) is 3. The van der Waals surface area contributed by atoms with Gasteiger partial charge in [-0.1, -0.05) is 42.8 Å². The predicted molar refractivity (Wildman–Crippen MR) is 130 cm³/mol. The van der Waals surface area contributed by atoms with Crippen LogP contribution < -0.4 is 15.4 Å². The molecule has 2 fully saturated rings. The van der Waals surface area contributed by atoms with Gasteiger partial charge in [0, 0.05) is 24.6 Å². The molecule has 6 nitrogen and oxygen atoms in total. The van der Waals surface area contributed by atoms with E-state index < -0.39 is 0 Å². The van der Waals surface area contributed by atoms with Crippen molar-refractivity contribution in [2.75, 3.05) is 12.4 Å². The fourth-order valence-corrected chi connectivity index (χ4v) is 4.70. The largest absolute Gasteiger partial charge is 0.497 e. The maximum Gasteiger partial charge on any atom is 0.229 e. The van der Waals surface area contributed by atoms with Crippen molar-refractivity contribution in [1.82, 2.24) is 15.5 Å². The smallest absolute Gasteiger partial charge is 0.229 e. The van der Waals surface area contributed by atoms with Gasteiger partial charge in [-0.25, -0.2) is 0 Å². The van der Waals surface area contributed by atoms with Gasteiger partial charge in [-0.2, -0.15) is 5.10 Å². The van der Waals surface area contributed by atoms with E-state index >= 15 is 0 Å². The third-order valence-corrected chi connectivity index (χ3v) is 7.07. The highest BCUT2D eigenvalue weighted by molar-refractivity contribution is 5.91. The van der Waals surface area contributed by atoms with Crippen LogP contribution in [0.2, 0.25) is 0 Å². The van der Waals surface area contributed by atoms with Gasteiger partial charge in [0.2, 0.25) is 5.91 Å². The molecule has 2 aliphatic carbocycles. The molecule has 0 saturated heterocycles. The quantitative estimate of drug-likeness (QED) is 0.438. The van der Waals surface area contributed by atoms with E-state index in [0.29, 0.717) is 30.1 Å². The van der Waals surface area contributed by atoms with Crippen LogP contribution in [0.5, 0.6) is 5.75 Å². The summed E-state index contributed by atoms with van der Waals surface area (Å²) < 4.78 is 5.16. The summed E-state index contributed by atoms with van der Waals surface area (Å²) >= 11 is 0. The van der Waals surface area contributed by atoms with Crippen molar-refractivity contribution in [3.8, 4) is 5.75 Å². The first-order valence-electron chi connectivity index (χ1n) is 12.0. The summed E-state index contributed by atoms with van der Waals surface area (Å²) in [5.41, 5.74) is 4.79. The predicted octanol–water partition coefficient (Wildman–Crippen LogP) is 4.90. The Labute approximate surface area is 195 Å². The zero-order valence-corrected chi connectivity index (χ0v) is 19.1. The number of aromatic nitrogens is 2. The van der Waals surface area contributed by atoms with E-state index in [9.17, 15) is 4.79 Å². The lowest BCUT2D eigenvalue weighted by Crippen LogP contribution is -2.34. The average molecular weight is 445 g/mol.